The highest BCUT2D eigenvalue weighted by Gasteiger charge is 2.18. The molecule has 4 rings (SSSR count). The molecule has 3 aromatic carbocycles. The number of hydrogen-bond donors (Lipinski definition) is 1. The highest BCUT2D eigenvalue weighted by molar-refractivity contribution is 7.99. The van der Waals surface area contributed by atoms with E-state index in [1.54, 1.807) is 7.11 Å². The van der Waals surface area contributed by atoms with Gasteiger partial charge >= 0.3 is 0 Å². The van der Waals surface area contributed by atoms with E-state index in [9.17, 15) is 4.79 Å². The van der Waals surface area contributed by atoms with Gasteiger partial charge in [-0.25, -0.2) is 0 Å². The van der Waals surface area contributed by atoms with Crippen molar-refractivity contribution >= 4 is 35.0 Å². The number of thioether (sulfide) groups is 1. The van der Waals surface area contributed by atoms with Crippen molar-refractivity contribution in [1.82, 2.24) is 14.8 Å². The van der Waals surface area contributed by atoms with Crippen LogP contribution < -0.4 is 10.1 Å². The molecule has 0 aliphatic heterocycles. The van der Waals surface area contributed by atoms with Gasteiger partial charge in [0.15, 0.2) is 11.0 Å². The zero-order valence-electron chi connectivity index (χ0n) is 19.4. The molecule has 0 spiro atoms. The van der Waals surface area contributed by atoms with Gasteiger partial charge in [0.05, 0.1) is 12.9 Å². The molecule has 0 aliphatic rings. The minimum Gasteiger partial charge on any atom is -0.497 e. The van der Waals surface area contributed by atoms with Crippen molar-refractivity contribution in [3.63, 3.8) is 0 Å². The fraction of sp³-hybridized carbons (Fsp3) is 0.192. The molecule has 0 saturated carbocycles. The van der Waals surface area contributed by atoms with Crippen LogP contribution in [0.5, 0.6) is 5.75 Å². The second-order valence-corrected chi connectivity index (χ2v) is 9.34. The van der Waals surface area contributed by atoms with E-state index in [1.165, 1.54) is 17.3 Å². The summed E-state index contributed by atoms with van der Waals surface area (Å²) >= 11 is 7.44. The molecule has 34 heavy (non-hydrogen) atoms. The molecular weight excluding hydrogens is 468 g/mol. The summed E-state index contributed by atoms with van der Waals surface area (Å²) in [6.07, 6.45) is 0. The van der Waals surface area contributed by atoms with Gasteiger partial charge in [-0.3, -0.25) is 9.36 Å². The summed E-state index contributed by atoms with van der Waals surface area (Å²) in [4.78, 5) is 12.8. The van der Waals surface area contributed by atoms with Gasteiger partial charge in [0.1, 0.15) is 5.75 Å². The molecule has 0 radical (unpaired) electrons. The number of nitrogens with one attached hydrogen (secondary N) is 1. The number of nitrogens with zero attached hydrogens (tertiary/aromatic N) is 3. The predicted molar refractivity (Wildman–Crippen MR) is 138 cm³/mol. The third-order valence-corrected chi connectivity index (χ3v) is 6.52. The Balaban J connectivity index is 1.61. The normalized spacial score (nSPS) is 10.9. The number of carbonyl (C=O) groups excluding carboxylic acids is 1. The molecular formula is C26H25ClN4O2S. The molecule has 1 N–H and O–H groups in total. The lowest BCUT2D eigenvalue weighted by Gasteiger charge is -2.13. The van der Waals surface area contributed by atoms with Crippen LogP contribution in [0.1, 0.15) is 16.7 Å². The minimum absolute atomic E-state index is 0.100. The Labute approximate surface area is 208 Å². The van der Waals surface area contributed by atoms with Gasteiger partial charge in [0.2, 0.25) is 5.91 Å². The van der Waals surface area contributed by atoms with Crippen molar-refractivity contribution in [1.29, 1.82) is 0 Å². The molecule has 0 fully saturated rings. The van der Waals surface area contributed by atoms with E-state index in [4.69, 9.17) is 16.3 Å². The lowest BCUT2D eigenvalue weighted by molar-refractivity contribution is -0.113. The summed E-state index contributed by atoms with van der Waals surface area (Å²) in [5.74, 6) is 1.52. The van der Waals surface area contributed by atoms with Crippen molar-refractivity contribution in [2.45, 2.75) is 25.9 Å². The van der Waals surface area contributed by atoms with Crippen molar-refractivity contribution in [3.05, 3.63) is 82.4 Å². The van der Waals surface area contributed by atoms with E-state index in [1.807, 2.05) is 73.9 Å². The average Bonchev–Trinajstić information content (AvgIpc) is 3.24. The largest absolute Gasteiger partial charge is 0.497 e. The van der Waals surface area contributed by atoms with Crippen molar-refractivity contribution in [3.8, 4) is 22.8 Å². The maximum Gasteiger partial charge on any atom is 0.234 e. The highest BCUT2D eigenvalue weighted by Crippen LogP contribution is 2.30. The first-order valence-corrected chi connectivity index (χ1v) is 12.1. The molecule has 1 aromatic heterocycles. The quantitative estimate of drug-likeness (QED) is 0.309. The van der Waals surface area contributed by atoms with Crippen LogP contribution in [0.3, 0.4) is 0 Å². The Morgan fingerprint density at radius 1 is 1.00 bits per heavy atom. The summed E-state index contributed by atoms with van der Waals surface area (Å²) in [6, 6.07) is 19.2. The molecule has 0 unspecified atom stereocenters. The first-order valence-electron chi connectivity index (χ1n) is 10.7. The fourth-order valence-corrected chi connectivity index (χ4v) is 4.67. The maximum absolute atomic E-state index is 12.8. The monoisotopic (exact) mass is 492 g/mol. The van der Waals surface area contributed by atoms with Gasteiger partial charge in [-0.05, 0) is 80.4 Å². The maximum atomic E-state index is 12.8. The summed E-state index contributed by atoms with van der Waals surface area (Å²) < 4.78 is 7.20. The Bertz CT molecular complexity index is 1290. The number of methoxy groups -OCH3 is 1. The second kappa shape index (κ2) is 10.3. The number of carbonyl (C=O) groups is 1. The minimum atomic E-state index is -0.100. The van der Waals surface area contributed by atoms with Crippen LogP contribution in [0.2, 0.25) is 5.02 Å². The van der Waals surface area contributed by atoms with Gasteiger partial charge in [0, 0.05) is 22.0 Å². The molecule has 174 valence electrons. The number of hydrogen-bond acceptors (Lipinski definition) is 5. The van der Waals surface area contributed by atoms with Crippen LogP contribution in [-0.4, -0.2) is 33.5 Å². The molecule has 8 heteroatoms. The number of aryl methyl sites for hydroxylation is 3. The smallest absolute Gasteiger partial charge is 0.234 e. The Morgan fingerprint density at radius 2 is 1.65 bits per heavy atom. The number of rotatable bonds is 7. The van der Waals surface area contributed by atoms with E-state index in [0.717, 1.165) is 33.8 Å². The Kier molecular flexibility index (Phi) is 7.24. The zero-order valence-corrected chi connectivity index (χ0v) is 21.0. The van der Waals surface area contributed by atoms with Gasteiger partial charge in [-0.2, -0.15) is 0 Å². The third kappa shape index (κ3) is 5.26. The van der Waals surface area contributed by atoms with Crippen LogP contribution in [0.4, 0.5) is 5.69 Å². The predicted octanol–water partition coefficient (Wildman–Crippen LogP) is 6.25. The number of anilines is 1. The first kappa shape index (κ1) is 23.9. The van der Waals surface area contributed by atoms with Crippen LogP contribution >= 0.6 is 23.4 Å². The second-order valence-electron chi connectivity index (χ2n) is 7.96. The van der Waals surface area contributed by atoms with Crippen molar-refractivity contribution in [2.75, 3.05) is 18.2 Å². The van der Waals surface area contributed by atoms with E-state index >= 15 is 0 Å². The van der Waals surface area contributed by atoms with Crippen LogP contribution in [0, 0.1) is 20.8 Å². The van der Waals surface area contributed by atoms with Crippen LogP contribution in [0.15, 0.2) is 65.8 Å². The lowest BCUT2D eigenvalue weighted by atomic mass is 10.1. The first-order chi connectivity index (χ1) is 16.4. The third-order valence-electron chi connectivity index (χ3n) is 5.34. The van der Waals surface area contributed by atoms with Gasteiger partial charge in [-0.15, -0.1) is 10.2 Å². The average molecular weight is 493 g/mol. The van der Waals surface area contributed by atoms with Gasteiger partial charge in [0.25, 0.3) is 0 Å². The molecule has 4 aromatic rings. The van der Waals surface area contributed by atoms with E-state index in [0.29, 0.717) is 16.0 Å². The molecule has 0 aliphatic carbocycles. The van der Waals surface area contributed by atoms with Gasteiger partial charge < -0.3 is 10.1 Å². The molecule has 0 atom stereocenters. The summed E-state index contributed by atoms with van der Waals surface area (Å²) in [6.45, 7) is 6.05. The van der Waals surface area contributed by atoms with Crippen LogP contribution in [-0.2, 0) is 4.79 Å². The number of halogens is 1. The SMILES string of the molecule is COc1ccc(-c2nnc(SCC(=O)Nc3c(C)cc(C)cc3C)n2-c2ccc(Cl)cc2)cc1. The Morgan fingerprint density at radius 3 is 2.26 bits per heavy atom. The van der Waals surface area contributed by atoms with E-state index in [-0.39, 0.29) is 11.7 Å². The zero-order chi connectivity index (χ0) is 24.2. The summed E-state index contributed by atoms with van der Waals surface area (Å²) in [7, 11) is 1.63. The molecule has 0 saturated heterocycles. The van der Waals surface area contributed by atoms with E-state index < -0.39 is 0 Å². The lowest BCUT2D eigenvalue weighted by Crippen LogP contribution is -2.16. The number of amides is 1. The van der Waals surface area contributed by atoms with Crippen molar-refractivity contribution in [2.24, 2.45) is 0 Å². The highest BCUT2D eigenvalue weighted by atomic mass is 35.5. The fourth-order valence-electron chi connectivity index (χ4n) is 3.80. The van der Waals surface area contributed by atoms with Gasteiger partial charge in [-0.1, -0.05) is 41.1 Å². The molecule has 1 amide bonds. The number of benzene rings is 3. The van der Waals surface area contributed by atoms with Crippen LogP contribution in [0.25, 0.3) is 17.1 Å². The summed E-state index contributed by atoms with van der Waals surface area (Å²) in [5.41, 5.74) is 5.85. The van der Waals surface area contributed by atoms with E-state index in [2.05, 4.69) is 27.6 Å². The number of ether oxygens (including phenoxy) is 1. The molecule has 6 nitrogen and oxygen atoms in total. The molecule has 0 bridgehead atoms. The molecule has 1 heterocycles. The van der Waals surface area contributed by atoms with Crippen molar-refractivity contribution < 1.29 is 9.53 Å². The Hall–Kier alpha value is -3.29. The standard InChI is InChI=1S/C26H25ClN4O2S/c1-16-13-17(2)24(18(3)14-16)28-23(32)15-34-26-30-29-25(19-5-11-22(33-4)12-6-19)31(26)21-9-7-20(27)8-10-21/h5-14H,15H2,1-4H3,(H,28,32). The summed E-state index contributed by atoms with van der Waals surface area (Å²) in [5, 5.41) is 13.1. The number of aromatic nitrogens is 3. The topological polar surface area (TPSA) is 69.0 Å².